The van der Waals surface area contributed by atoms with Crippen molar-refractivity contribution < 1.29 is 24.2 Å². The standard InChI is InChI=1S/C47H84O5/c1-3-5-7-9-11-13-15-17-19-21-22-23-24-26-28-30-32-34-36-38-40-42-47(50)52-45(43-48)44-51-46(49)41-39-37-35-33-31-29-27-25-20-18-16-14-12-10-8-6-4-2/h12,14,18,20,27,29,33,35,45,48H,3-11,13,15-17,19,21-26,28,30-32,34,36-44H2,1-2H3/b14-12+,20-18+,29-27+,35-33+/t45-/m0/s1. The summed E-state index contributed by atoms with van der Waals surface area (Å²) < 4.78 is 10.6. The molecule has 5 heteroatoms. The molecular formula is C47H84O5. The summed E-state index contributed by atoms with van der Waals surface area (Å²) in [6, 6.07) is 0. The van der Waals surface area contributed by atoms with E-state index >= 15 is 0 Å². The molecule has 1 atom stereocenters. The molecule has 0 unspecified atom stereocenters. The van der Waals surface area contributed by atoms with E-state index in [4.69, 9.17) is 9.47 Å². The number of allylic oxidation sites excluding steroid dienone is 8. The lowest BCUT2D eigenvalue weighted by atomic mass is 10.0. The van der Waals surface area contributed by atoms with Crippen molar-refractivity contribution in [1.82, 2.24) is 0 Å². The summed E-state index contributed by atoms with van der Waals surface area (Å²) in [4.78, 5) is 24.3. The van der Waals surface area contributed by atoms with Crippen molar-refractivity contribution in [3.05, 3.63) is 48.6 Å². The molecule has 0 amide bonds. The first-order valence-electron chi connectivity index (χ1n) is 22.2. The first-order chi connectivity index (χ1) is 25.6. The van der Waals surface area contributed by atoms with Gasteiger partial charge in [0.05, 0.1) is 6.61 Å². The molecule has 0 aromatic heterocycles. The molecule has 5 nitrogen and oxygen atoms in total. The number of ether oxygens (including phenoxy) is 2. The zero-order valence-corrected chi connectivity index (χ0v) is 34.3. The van der Waals surface area contributed by atoms with Crippen LogP contribution < -0.4 is 0 Å². The largest absolute Gasteiger partial charge is 0.462 e. The molecule has 52 heavy (non-hydrogen) atoms. The monoisotopic (exact) mass is 729 g/mol. The Morgan fingerprint density at radius 2 is 0.788 bits per heavy atom. The Kier molecular flexibility index (Phi) is 41.5. The molecule has 0 fully saturated rings. The third kappa shape index (κ3) is 40.6. The molecule has 0 aliphatic rings. The molecule has 0 rings (SSSR count). The minimum absolute atomic E-state index is 0.0926. The second-order valence-electron chi connectivity index (χ2n) is 14.8. The third-order valence-corrected chi connectivity index (χ3v) is 9.63. The Morgan fingerprint density at radius 3 is 1.21 bits per heavy atom. The predicted octanol–water partition coefficient (Wildman–Crippen LogP) is 14.2. The average Bonchev–Trinajstić information content (AvgIpc) is 3.15. The fourth-order valence-electron chi connectivity index (χ4n) is 6.25. The lowest BCUT2D eigenvalue weighted by molar-refractivity contribution is -0.161. The molecule has 0 aliphatic heterocycles. The van der Waals surface area contributed by atoms with Crippen molar-refractivity contribution in [1.29, 1.82) is 0 Å². The van der Waals surface area contributed by atoms with Crippen molar-refractivity contribution in [2.45, 2.75) is 225 Å². The van der Waals surface area contributed by atoms with E-state index in [-0.39, 0.29) is 25.2 Å². The molecule has 0 aromatic carbocycles. The van der Waals surface area contributed by atoms with E-state index < -0.39 is 6.10 Å². The van der Waals surface area contributed by atoms with E-state index in [1.54, 1.807) is 0 Å². The van der Waals surface area contributed by atoms with E-state index in [1.807, 2.05) is 0 Å². The Bertz CT molecular complexity index is 873. The molecule has 0 aromatic rings. The fraction of sp³-hybridized carbons (Fsp3) is 0.787. The highest BCUT2D eigenvalue weighted by atomic mass is 16.6. The van der Waals surface area contributed by atoms with Gasteiger partial charge in [0.25, 0.3) is 0 Å². The molecule has 1 N–H and O–H groups in total. The highest BCUT2D eigenvalue weighted by Crippen LogP contribution is 2.15. The van der Waals surface area contributed by atoms with Gasteiger partial charge in [0.2, 0.25) is 0 Å². The smallest absolute Gasteiger partial charge is 0.306 e. The fourth-order valence-corrected chi connectivity index (χ4v) is 6.25. The van der Waals surface area contributed by atoms with Gasteiger partial charge in [0.15, 0.2) is 6.10 Å². The molecule has 0 saturated heterocycles. The number of hydrogen-bond donors (Lipinski definition) is 1. The van der Waals surface area contributed by atoms with Crippen LogP contribution in [0.3, 0.4) is 0 Å². The second-order valence-corrected chi connectivity index (χ2v) is 14.8. The van der Waals surface area contributed by atoms with Crippen LogP contribution in [0.4, 0.5) is 0 Å². The van der Waals surface area contributed by atoms with Crippen LogP contribution in [-0.4, -0.2) is 36.4 Å². The number of carbonyl (C=O) groups excluding carboxylic acids is 2. The third-order valence-electron chi connectivity index (χ3n) is 9.63. The number of aliphatic hydroxyl groups is 1. The topological polar surface area (TPSA) is 72.8 Å². The van der Waals surface area contributed by atoms with Crippen molar-refractivity contribution in [2.75, 3.05) is 13.2 Å². The number of rotatable bonds is 40. The van der Waals surface area contributed by atoms with Crippen molar-refractivity contribution in [3.63, 3.8) is 0 Å². The van der Waals surface area contributed by atoms with E-state index in [0.717, 1.165) is 44.9 Å². The molecule has 0 saturated carbocycles. The summed E-state index contributed by atoms with van der Waals surface area (Å²) in [7, 11) is 0. The van der Waals surface area contributed by atoms with Gasteiger partial charge < -0.3 is 14.6 Å². The van der Waals surface area contributed by atoms with E-state index in [9.17, 15) is 14.7 Å². The maximum absolute atomic E-state index is 12.2. The summed E-state index contributed by atoms with van der Waals surface area (Å²) in [6.07, 6.45) is 54.8. The minimum atomic E-state index is -0.792. The SMILES string of the molecule is CCCCC/C=C/C/C=C/C/C=C/C/C=C/CCCC(=O)OC[C@H](CO)OC(=O)CCCCCCCCCCCCCCCCCCCCCCC. The van der Waals surface area contributed by atoms with Gasteiger partial charge in [-0.1, -0.05) is 204 Å². The van der Waals surface area contributed by atoms with Gasteiger partial charge in [0.1, 0.15) is 6.61 Å². The van der Waals surface area contributed by atoms with Gasteiger partial charge in [0, 0.05) is 12.8 Å². The quantitative estimate of drug-likeness (QED) is 0.0386. The number of aliphatic hydroxyl groups excluding tert-OH is 1. The normalized spacial score (nSPS) is 12.6. The average molecular weight is 729 g/mol. The van der Waals surface area contributed by atoms with Crippen LogP contribution in [0.5, 0.6) is 0 Å². The lowest BCUT2D eigenvalue weighted by Crippen LogP contribution is -2.28. The van der Waals surface area contributed by atoms with Crippen LogP contribution in [0.1, 0.15) is 219 Å². The minimum Gasteiger partial charge on any atom is -0.462 e. The van der Waals surface area contributed by atoms with Gasteiger partial charge in [-0.2, -0.15) is 0 Å². The lowest BCUT2D eigenvalue weighted by Gasteiger charge is -2.15. The summed E-state index contributed by atoms with van der Waals surface area (Å²) in [5.74, 6) is -0.650. The summed E-state index contributed by atoms with van der Waals surface area (Å²) in [5.41, 5.74) is 0. The Hall–Kier alpha value is -2.14. The first kappa shape index (κ1) is 49.9. The highest BCUT2D eigenvalue weighted by molar-refractivity contribution is 5.70. The van der Waals surface area contributed by atoms with E-state index in [1.165, 1.54) is 141 Å². The summed E-state index contributed by atoms with van der Waals surface area (Å²) >= 11 is 0. The number of unbranched alkanes of at least 4 members (excludes halogenated alkanes) is 24. The Morgan fingerprint density at radius 1 is 0.442 bits per heavy atom. The van der Waals surface area contributed by atoms with Gasteiger partial charge >= 0.3 is 11.9 Å². The molecular weight excluding hydrogens is 645 g/mol. The van der Waals surface area contributed by atoms with Gasteiger partial charge in [-0.3, -0.25) is 9.59 Å². The van der Waals surface area contributed by atoms with Crippen molar-refractivity contribution >= 4 is 11.9 Å². The number of hydrogen-bond acceptors (Lipinski definition) is 5. The maximum atomic E-state index is 12.2. The van der Waals surface area contributed by atoms with Crippen molar-refractivity contribution in [2.24, 2.45) is 0 Å². The Labute approximate surface area is 322 Å². The van der Waals surface area contributed by atoms with E-state index in [0.29, 0.717) is 19.3 Å². The number of esters is 2. The van der Waals surface area contributed by atoms with E-state index in [2.05, 4.69) is 62.5 Å². The zero-order chi connectivity index (χ0) is 37.8. The molecule has 302 valence electrons. The molecule has 0 heterocycles. The first-order valence-corrected chi connectivity index (χ1v) is 22.2. The summed E-state index contributed by atoms with van der Waals surface area (Å²) in [5, 5.41) is 9.58. The second kappa shape index (κ2) is 43.3. The summed E-state index contributed by atoms with van der Waals surface area (Å²) in [6.45, 7) is 4.08. The van der Waals surface area contributed by atoms with Crippen LogP contribution >= 0.6 is 0 Å². The van der Waals surface area contributed by atoms with Crippen LogP contribution in [-0.2, 0) is 19.1 Å². The molecule has 0 bridgehead atoms. The molecule has 0 aliphatic carbocycles. The van der Waals surface area contributed by atoms with Crippen LogP contribution in [0.15, 0.2) is 48.6 Å². The van der Waals surface area contributed by atoms with Gasteiger partial charge in [-0.15, -0.1) is 0 Å². The van der Waals surface area contributed by atoms with Crippen molar-refractivity contribution in [3.8, 4) is 0 Å². The predicted molar refractivity (Wildman–Crippen MR) is 224 cm³/mol. The number of carbonyl (C=O) groups is 2. The maximum Gasteiger partial charge on any atom is 0.306 e. The zero-order valence-electron chi connectivity index (χ0n) is 34.3. The highest BCUT2D eigenvalue weighted by Gasteiger charge is 2.16. The van der Waals surface area contributed by atoms with Gasteiger partial charge in [-0.05, 0) is 51.4 Å². The Balaban J connectivity index is 3.58. The molecule has 0 spiro atoms. The van der Waals surface area contributed by atoms with Gasteiger partial charge in [-0.25, -0.2) is 0 Å². The van der Waals surface area contributed by atoms with Crippen LogP contribution in [0, 0.1) is 0 Å². The van der Waals surface area contributed by atoms with Crippen LogP contribution in [0.25, 0.3) is 0 Å². The molecule has 0 radical (unpaired) electrons. The van der Waals surface area contributed by atoms with Crippen LogP contribution in [0.2, 0.25) is 0 Å².